The molecule has 156 valence electrons. The second-order valence-electron chi connectivity index (χ2n) is 9.51. The van der Waals surface area contributed by atoms with E-state index >= 15 is 0 Å². The maximum Gasteiger partial charge on any atom is 0.341 e. The van der Waals surface area contributed by atoms with Crippen LogP contribution in [0.4, 0.5) is 5.00 Å². The predicted octanol–water partition coefficient (Wildman–Crippen LogP) is 4.44. The van der Waals surface area contributed by atoms with Crippen LogP contribution in [0.15, 0.2) is 0 Å². The Hall–Kier alpha value is -1.47. The fraction of sp³-hybridized carbons (Fsp3) is 0.682. The molecule has 1 aromatic heterocycles. The Morgan fingerprint density at radius 1 is 1.07 bits per heavy atom. The number of rotatable bonds is 3. The highest BCUT2D eigenvalue weighted by molar-refractivity contribution is 7.80. The maximum absolute atomic E-state index is 13.2. The molecule has 0 aliphatic heterocycles. The Morgan fingerprint density at radius 2 is 1.69 bits per heavy atom. The van der Waals surface area contributed by atoms with Crippen molar-refractivity contribution >= 4 is 45.5 Å². The molecule has 0 unspecified atom stereocenters. The lowest BCUT2D eigenvalue weighted by molar-refractivity contribution is -0.144. The van der Waals surface area contributed by atoms with Gasteiger partial charge < -0.3 is 15.4 Å². The second kappa shape index (κ2) is 7.34. The quantitative estimate of drug-likeness (QED) is 0.546. The van der Waals surface area contributed by atoms with Crippen molar-refractivity contribution in [3.8, 4) is 0 Å². The first kappa shape index (κ1) is 19.5. The van der Waals surface area contributed by atoms with Crippen molar-refractivity contribution in [1.29, 1.82) is 0 Å². The van der Waals surface area contributed by atoms with Gasteiger partial charge >= 0.3 is 5.97 Å². The van der Waals surface area contributed by atoms with E-state index in [1.807, 2.05) is 0 Å². The average molecular weight is 433 g/mol. The van der Waals surface area contributed by atoms with Gasteiger partial charge in [-0.2, -0.15) is 0 Å². The number of carbonyl (C=O) groups is 2. The number of amides is 1. The van der Waals surface area contributed by atoms with E-state index in [9.17, 15) is 9.59 Å². The average Bonchev–Trinajstić information content (AvgIpc) is 3.03. The molecule has 6 rings (SSSR count). The third-order valence-electron chi connectivity index (χ3n) is 7.53. The van der Waals surface area contributed by atoms with Gasteiger partial charge in [-0.3, -0.25) is 4.79 Å². The Balaban J connectivity index is 1.32. The molecule has 0 atom stereocenters. The minimum atomic E-state index is -0.331. The molecule has 1 heterocycles. The molecule has 0 radical (unpaired) electrons. The standard InChI is InChI=1S/C22H28N2O3S2/c1-27-19(25)17-15-4-2-3-5-16(15)29-18(17)23-21(28)24-20(26)22-9-12-6-13(10-22)8-14(7-12)11-22/h12-14H,2-11H2,1H3,(H2,23,24,26,28). The molecule has 4 fully saturated rings. The van der Waals surface area contributed by atoms with Gasteiger partial charge in [-0.05, 0) is 99.7 Å². The van der Waals surface area contributed by atoms with Crippen molar-refractivity contribution < 1.29 is 14.3 Å². The van der Waals surface area contributed by atoms with Gasteiger partial charge in [0.05, 0.1) is 18.1 Å². The van der Waals surface area contributed by atoms with Crippen LogP contribution < -0.4 is 10.6 Å². The number of esters is 1. The first-order valence-corrected chi connectivity index (χ1v) is 12.0. The molecule has 7 heteroatoms. The predicted molar refractivity (Wildman–Crippen MR) is 117 cm³/mol. The molecule has 2 N–H and O–H groups in total. The molecular formula is C22H28N2O3S2. The highest BCUT2D eigenvalue weighted by atomic mass is 32.1. The Morgan fingerprint density at radius 3 is 2.31 bits per heavy atom. The zero-order valence-electron chi connectivity index (χ0n) is 16.8. The number of ether oxygens (including phenoxy) is 1. The van der Waals surface area contributed by atoms with Crippen LogP contribution in [0.5, 0.6) is 0 Å². The number of carbonyl (C=O) groups excluding carboxylic acids is 2. The molecular weight excluding hydrogens is 404 g/mol. The summed E-state index contributed by atoms with van der Waals surface area (Å²) in [6.07, 6.45) is 11.0. The molecule has 1 amide bonds. The monoisotopic (exact) mass is 432 g/mol. The molecule has 0 saturated heterocycles. The van der Waals surface area contributed by atoms with Crippen LogP contribution in [0.25, 0.3) is 0 Å². The number of thiocarbonyl (C=S) groups is 1. The second-order valence-corrected chi connectivity index (χ2v) is 11.0. The van der Waals surface area contributed by atoms with Crippen LogP contribution in [-0.2, 0) is 22.4 Å². The molecule has 4 bridgehead atoms. The van der Waals surface area contributed by atoms with Gasteiger partial charge in [-0.1, -0.05) is 0 Å². The largest absolute Gasteiger partial charge is 0.465 e. The van der Waals surface area contributed by atoms with Crippen LogP contribution in [0.1, 0.15) is 72.2 Å². The number of methoxy groups -OCH3 is 1. The summed E-state index contributed by atoms with van der Waals surface area (Å²) in [5.41, 5.74) is 1.45. The van der Waals surface area contributed by atoms with Crippen molar-refractivity contribution in [2.45, 2.75) is 64.2 Å². The highest BCUT2D eigenvalue weighted by Crippen LogP contribution is 2.60. The van der Waals surface area contributed by atoms with Crippen LogP contribution in [0.3, 0.4) is 0 Å². The Kier molecular flexibility index (Phi) is 4.93. The third kappa shape index (κ3) is 3.40. The zero-order valence-corrected chi connectivity index (χ0v) is 18.5. The first-order valence-electron chi connectivity index (χ1n) is 10.8. The molecule has 5 aliphatic carbocycles. The number of anilines is 1. The summed E-state index contributed by atoms with van der Waals surface area (Å²) in [5, 5.41) is 7.16. The van der Waals surface area contributed by atoms with E-state index in [0.717, 1.165) is 50.5 Å². The highest BCUT2D eigenvalue weighted by Gasteiger charge is 2.54. The van der Waals surface area contributed by atoms with Gasteiger partial charge in [0.25, 0.3) is 0 Å². The molecule has 4 saturated carbocycles. The van der Waals surface area contributed by atoms with E-state index in [4.69, 9.17) is 17.0 Å². The number of aryl methyl sites for hydroxylation is 1. The van der Waals surface area contributed by atoms with E-state index in [1.54, 1.807) is 11.3 Å². The fourth-order valence-corrected chi connectivity index (χ4v) is 8.27. The number of hydrogen-bond donors (Lipinski definition) is 2. The van der Waals surface area contributed by atoms with Crippen molar-refractivity contribution in [2.75, 3.05) is 12.4 Å². The lowest BCUT2D eigenvalue weighted by Gasteiger charge is -2.55. The van der Waals surface area contributed by atoms with Crippen molar-refractivity contribution in [3.05, 3.63) is 16.0 Å². The first-order chi connectivity index (χ1) is 14.0. The number of nitrogens with one attached hydrogen (secondary N) is 2. The van der Waals surface area contributed by atoms with Crippen LogP contribution in [0.2, 0.25) is 0 Å². The molecule has 29 heavy (non-hydrogen) atoms. The van der Waals surface area contributed by atoms with Gasteiger partial charge in [0.15, 0.2) is 5.11 Å². The normalized spacial score (nSPS) is 31.8. The van der Waals surface area contributed by atoms with Crippen LogP contribution in [-0.4, -0.2) is 24.1 Å². The van der Waals surface area contributed by atoms with Crippen molar-refractivity contribution in [1.82, 2.24) is 5.32 Å². The van der Waals surface area contributed by atoms with Crippen molar-refractivity contribution in [3.63, 3.8) is 0 Å². The van der Waals surface area contributed by atoms with Gasteiger partial charge in [-0.15, -0.1) is 11.3 Å². The van der Waals surface area contributed by atoms with E-state index in [0.29, 0.717) is 33.4 Å². The molecule has 0 spiro atoms. The Labute approximate surface area is 181 Å². The topological polar surface area (TPSA) is 67.4 Å². The smallest absolute Gasteiger partial charge is 0.341 e. The maximum atomic E-state index is 13.2. The summed E-state index contributed by atoms with van der Waals surface area (Å²) < 4.78 is 5.03. The van der Waals surface area contributed by atoms with Gasteiger partial charge in [0.1, 0.15) is 5.00 Å². The molecule has 0 aromatic carbocycles. The van der Waals surface area contributed by atoms with Gasteiger partial charge in [-0.25, -0.2) is 4.79 Å². The lowest BCUT2D eigenvalue weighted by Crippen LogP contribution is -2.55. The van der Waals surface area contributed by atoms with Crippen molar-refractivity contribution in [2.24, 2.45) is 23.2 Å². The minimum absolute atomic E-state index is 0.0787. The number of hydrogen-bond acceptors (Lipinski definition) is 5. The molecule has 1 aromatic rings. The third-order valence-corrected chi connectivity index (χ3v) is 8.95. The summed E-state index contributed by atoms with van der Waals surface area (Å²) in [4.78, 5) is 26.9. The van der Waals surface area contributed by atoms with Gasteiger partial charge in [0.2, 0.25) is 5.91 Å². The molecule has 5 nitrogen and oxygen atoms in total. The van der Waals surface area contributed by atoms with E-state index < -0.39 is 0 Å². The number of fused-ring (bicyclic) bond motifs is 1. The van der Waals surface area contributed by atoms with Gasteiger partial charge in [0, 0.05) is 4.88 Å². The zero-order chi connectivity index (χ0) is 20.2. The van der Waals surface area contributed by atoms with E-state index in [1.165, 1.54) is 31.2 Å². The van der Waals surface area contributed by atoms with E-state index in [-0.39, 0.29) is 17.3 Å². The van der Waals surface area contributed by atoms with Crippen LogP contribution >= 0.6 is 23.6 Å². The summed E-state index contributed by atoms with van der Waals surface area (Å²) in [6, 6.07) is 0. The SMILES string of the molecule is COC(=O)c1c(NC(=S)NC(=O)C23CC4CC(CC(C4)C2)C3)sc2c1CCCC2. The fourth-order valence-electron chi connectivity index (χ4n) is 6.73. The van der Waals surface area contributed by atoms with Crippen LogP contribution in [0, 0.1) is 23.2 Å². The number of thiophene rings is 1. The summed E-state index contributed by atoms with van der Waals surface area (Å²) in [5.74, 6) is 1.88. The Bertz CT molecular complexity index is 840. The lowest BCUT2D eigenvalue weighted by atomic mass is 9.49. The summed E-state index contributed by atoms with van der Waals surface area (Å²) in [6.45, 7) is 0. The summed E-state index contributed by atoms with van der Waals surface area (Å²) >= 11 is 7.07. The summed E-state index contributed by atoms with van der Waals surface area (Å²) in [7, 11) is 1.41. The van der Waals surface area contributed by atoms with E-state index in [2.05, 4.69) is 10.6 Å². The minimum Gasteiger partial charge on any atom is -0.465 e. The molecule has 5 aliphatic rings.